The summed E-state index contributed by atoms with van der Waals surface area (Å²) in [6, 6.07) is 5.64. The molecule has 1 aromatic heterocycles. The quantitative estimate of drug-likeness (QED) is 0.820. The lowest BCUT2D eigenvalue weighted by molar-refractivity contribution is -0.116. The topological polar surface area (TPSA) is 80.0 Å². The van der Waals surface area contributed by atoms with Gasteiger partial charge in [0.2, 0.25) is 5.91 Å². The number of benzene rings is 1. The molecule has 6 nitrogen and oxygen atoms in total. The van der Waals surface area contributed by atoms with Crippen molar-refractivity contribution in [2.24, 2.45) is 0 Å². The molecule has 0 bridgehead atoms. The standard InChI is InChI=1S/C15H16N4O2/c1-12-5-6-13(4-2-3-7-20)14(8-12)18-15(21)9-19-11-16-10-17-19/h5-6,8,10-11,20H,3,7,9H2,1H3,(H,18,21). The number of aromatic nitrogens is 3. The molecule has 1 amide bonds. The summed E-state index contributed by atoms with van der Waals surface area (Å²) in [6.45, 7) is 2.06. The lowest BCUT2D eigenvalue weighted by Gasteiger charge is -2.08. The number of nitrogens with one attached hydrogen (secondary N) is 1. The summed E-state index contributed by atoms with van der Waals surface area (Å²) in [4.78, 5) is 15.8. The van der Waals surface area contributed by atoms with Crippen LogP contribution in [0.5, 0.6) is 0 Å². The van der Waals surface area contributed by atoms with E-state index in [4.69, 9.17) is 5.11 Å². The van der Waals surface area contributed by atoms with Gasteiger partial charge in [0, 0.05) is 12.0 Å². The molecule has 0 atom stereocenters. The van der Waals surface area contributed by atoms with Crippen LogP contribution in [0.15, 0.2) is 30.9 Å². The summed E-state index contributed by atoms with van der Waals surface area (Å²) in [5.41, 5.74) is 2.41. The van der Waals surface area contributed by atoms with Crippen LogP contribution in [0, 0.1) is 18.8 Å². The van der Waals surface area contributed by atoms with Crippen molar-refractivity contribution < 1.29 is 9.90 Å². The van der Waals surface area contributed by atoms with Gasteiger partial charge >= 0.3 is 0 Å². The van der Waals surface area contributed by atoms with Crippen molar-refractivity contribution in [2.45, 2.75) is 19.9 Å². The zero-order valence-corrected chi connectivity index (χ0v) is 11.7. The maximum Gasteiger partial charge on any atom is 0.246 e. The van der Waals surface area contributed by atoms with Crippen molar-refractivity contribution in [3.8, 4) is 11.8 Å². The number of hydrogen-bond acceptors (Lipinski definition) is 4. The highest BCUT2D eigenvalue weighted by Gasteiger charge is 2.07. The number of aliphatic hydroxyl groups is 1. The van der Waals surface area contributed by atoms with Crippen LogP contribution >= 0.6 is 0 Å². The Morgan fingerprint density at radius 3 is 3.05 bits per heavy atom. The van der Waals surface area contributed by atoms with Crippen LogP contribution in [0.1, 0.15) is 17.5 Å². The number of hydrogen-bond donors (Lipinski definition) is 2. The monoisotopic (exact) mass is 284 g/mol. The average Bonchev–Trinajstić information content (AvgIpc) is 2.94. The Labute approximate surface area is 122 Å². The Kier molecular flexibility index (Phi) is 5.07. The minimum Gasteiger partial charge on any atom is -0.395 e. The second-order valence-electron chi connectivity index (χ2n) is 4.47. The van der Waals surface area contributed by atoms with Crippen molar-refractivity contribution in [1.82, 2.24) is 14.8 Å². The van der Waals surface area contributed by atoms with Gasteiger partial charge in [0.1, 0.15) is 19.2 Å². The van der Waals surface area contributed by atoms with Crippen molar-refractivity contribution in [2.75, 3.05) is 11.9 Å². The molecule has 0 saturated carbocycles. The molecule has 1 aromatic carbocycles. The summed E-state index contributed by atoms with van der Waals surface area (Å²) < 4.78 is 1.45. The third kappa shape index (κ3) is 4.44. The fraction of sp³-hybridized carbons (Fsp3) is 0.267. The minimum atomic E-state index is -0.198. The number of rotatable bonds is 4. The number of nitrogens with zero attached hydrogens (tertiary/aromatic N) is 3. The van der Waals surface area contributed by atoms with E-state index in [1.165, 1.54) is 17.3 Å². The molecule has 21 heavy (non-hydrogen) atoms. The van der Waals surface area contributed by atoms with Gasteiger partial charge in [0.05, 0.1) is 12.3 Å². The molecular formula is C15H16N4O2. The van der Waals surface area contributed by atoms with Gasteiger partial charge in [-0.2, -0.15) is 5.10 Å². The molecule has 2 N–H and O–H groups in total. The first-order chi connectivity index (χ1) is 10.2. The maximum atomic E-state index is 12.0. The largest absolute Gasteiger partial charge is 0.395 e. The zero-order valence-electron chi connectivity index (χ0n) is 11.7. The number of amides is 1. The fourth-order valence-electron chi connectivity index (χ4n) is 1.74. The Morgan fingerprint density at radius 1 is 1.48 bits per heavy atom. The summed E-state index contributed by atoms with van der Waals surface area (Å²) in [7, 11) is 0. The van der Waals surface area contributed by atoms with Crippen LogP contribution in [0.2, 0.25) is 0 Å². The van der Waals surface area contributed by atoms with Gasteiger partial charge in [-0.25, -0.2) is 9.67 Å². The third-order valence-electron chi connectivity index (χ3n) is 2.68. The van der Waals surface area contributed by atoms with E-state index in [-0.39, 0.29) is 19.1 Å². The Balaban J connectivity index is 2.12. The van der Waals surface area contributed by atoms with Gasteiger partial charge in [-0.05, 0) is 24.6 Å². The highest BCUT2D eigenvalue weighted by Crippen LogP contribution is 2.16. The molecule has 108 valence electrons. The predicted molar refractivity (Wildman–Crippen MR) is 78.4 cm³/mol. The molecule has 0 unspecified atom stereocenters. The minimum absolute atomic E-state index is 0.0207. The van der Waals surface area contributed by atoms with Crippen molar-refractivity contribution in [3.63, 3.8) is 0 Å². The number of carbonyl (C=O) groups excluding carboxylic acids is 1. The highest BCUT2D eigenvalue weighted by molar-refractivity contribution is 5.92. The maximum absolute atomic E-state index is 12.0. The van der Waals surface area contributed by atoms with E-state index in [1.54, 1.807) is 0 Å². The number of carbonyl (C=O) groups is 1. The fourth-order valence-corrected chi connectivity index (χ4v) is 1.74. The number of aryl methyl sites for hydroxylation is 1. The molecule has 0 aliphatic heterocycles. The summed E-state index contributed by atoms with van der Waals surface area (Å²) in [6.07, 6.45) is 3.27. The highest BCUT2D eigenvalue weighted by atomic mass is 16.2. The van der Waals surface area contributed by atoms with Gasteiger partial charge in [-0.1, -0.05) is 17.9 Å². The molecule has 1 heterocycles. The van der Waals surface area contributed by atoms with Crippen LogP contribution in [-0.2, 0) is 11.3 Å². The summed E-state index contributed by atoms with van der Waals surface area (Å²) >= 11 is 0. The van der Waals surface area contributed by atoms with Gasteiger partial charge in [0.15, 0.2) is 0 Å². The van der Waals surface area contributed by atoms with E-state index in [1.807, 2.05) is 25.1 Å². The first kappa shape index (κ1) is 14.8. The van der Waals surface area contributed by atoms with Crippen LogP contribution in [0.3, 0.4) is 0 Å². The van der Waals surface area contributed by atoms with E-state index in [0.717, 1.165) is 11.1 Å². The van der Waals surface area contributed by atoms with Crippen LogP contribution < -0.4 is 5.32 Å². The normalized spacial score (nSPS) is 9.81. The van der Waals surface area contributed by atoms with Gasteiger partial charge < -0.3 is 10.4 Å². The molecule has 2 rings (SSSR count). The Bertz CT molecular complexity index is 669. The van der Waals surface area contributed by atoms with E-state index in [0.29, 0.717) is 12.1 Å². The molecular weight excluding hydrogens is 268 g/mol. The molecule has 0 spiro atoms. The first-order valence-corrected chi connectivity index (χ1v) is 6.51. The first-order valence-electron chi connectivity index (χ1n) is 6.51. The van der Waals surface area contributed by atoms with Crippen LogP contribution in [0.25, 0.3) is 0 Å². The molecule has 0 radical (unpaired) electrons. The molecule has 0 fully saturated rings. The van der Waals surface area contributed by atoms with E-state index >= 15 is 0 Å². The lowest BCUT2D eigenvalue weighted by Crippen LogP contribution is -2.19. The van der Waals surface area contributed by atoms with E-state index < -0.39 is 0 Å². The van der Waals surface area contributed by atoms with E-state index in [9.17, 15) is 4.79 Å². The van der Waals surface area contributed by atoms with E-state index in [2.05, 4.69) is 27.2 Å². The Morgan fingerprint density at radius 2 is 2.33 bits per heavy atom. The van der Waals surface area contributed by atoms with Gasteiger partial charge in [-0.3, -0.25) is 4.79 Å². The summed E-state index contributed by atoms with van der Waals surface area (Å²) in [5, 5.41) is 15.5. The Hall–Kier alpha value is -2.65. The third-order valence-corrected chi connectivity index (χ3v) is 2.68. The molecule has 2 aromatic rings. The van der Waals surface area contributed by atoms with Crippen molar-refractivity contribution in [1.29, 1.82) is 0 Å². The SMILES string of the molecule is Cc1ccc(C#CCCO)c(NC(=O)Cn2cncn2)c1. The number of anilines is 1. The molecule has 0 saturated heterocycles. The molecule has 0 aliphatic carbocycles. The second kappa shape index (κ2) is 7.22. The van der Waals surface area contributed by atoms with Crippen molar-refractivity contribution >= 4 is 11.6 Å². The molecule has 0 aliphatic rings. The van der Waals surface area contributed by atoms with Crippen molar-refractivity contribution in [3.05, 3.63) is 42.0 Å². The van der Waals surface area contributed by atoms with Gasteiger partial charge in [0.25, 0.3) is 0 Å². The second-order valence-corrected chi connectivity index (χ2v) is 4.47. The zero-order chi connectivity index (χ0) is 15.1. The van der Waals surface area contributed by atoms with Crippen LogP contribution in [0.4, 0.5) is 5.69 Å². The lowest BCUT2D eigenvalue weighted by atomic mass is 10.1. The average molecular weight is 284 g/mol. The number of aliphatic hydroxyl groups excluding tert-OH is 1. The smallest absolute Gasteiger partial charge is 0.246 e. The predicted octanol–water partition coefficient (Wildman–Crippen LogP) is 0.959. The van der Waals surface area contributed by atoms with Gasteiger partial charge in [-0.15, -0.1) is 0 Å². The molecule has 6 heteroatoms. The van der Waals surface area contributed by atoms with Crippen LogP contribution in [-0.4, -0.2) is 32.4 Å². The summed E-state index contributed by atoms with van der Waals surface area (Å²) in [5.74, 6) is 5.60.